The molecule has 1 amide bonds. The minimum atomic E-state index is -0.201. The van der Waals surface area contributed by atoms with Gasteiger partial charge in [0.05, 0.1) is 12.1 Å². The van der Waals surface area contributed by atoms with Crippen LogP contribution in [-0.4, -0.2) is 18.0 Å². The van der Waals surface area contributed by atoms with Gasteiger partial charge >= 0.3 is 0 Å². The first kappa shape index (κ1) is 12.5. The van der Waals surface area contributed by atoms with Crippen molar-refractivity contribution >= 4 is 17.5 Å². The van der Waals surface area contributed by atoms with Gasteiger partial charge in [0.2, 0.25) is 0 Å². The Morgan fingerprint density at radius 2 is 2.22 bits per heavy atom. The van der Waals surface area contributed by atoms with Gasteiger partial charge in [0.1, 0.15) is 11.4 Å². The van der Waals surface area contributed by atoms with Crippen LogP contribution in [0.1, 0.15) is 16.1 Å². The van der Waals surface area contributed by atoms with E-state index in [4.69, 9.17) is 16.3 Å². The maximum absolute atomic E-state index is 11.8. The molecule has 0 saturated carbocycles. The summed E-state index contributed by atoms with van der Waals surface area (Å²) >= 11 is 5.74. The van der Waals surface area contributed by atoms with Crippen LogP contribution in [0.5, 0.6) is 5.75 Å². The second kappa shape index (κ2) is 5.60. The average molecular weight is 265 g/mol. The maximum atomic E-state index is 11.8. The molecule has 1 aromatic carbocycles. The molecule has 0 bridgehead atoms. The van der Waals surface area contributed by atoms with Gasteiger partial charge in [-0.2, -0.15) is 0 Å². The van der Waals surface area contributed by atoms with E-state index in [1.165, 1.54) is 0 Å². The fourth-order valence-electron chi connectivity index (χ4n) is 1.62. The molecule has 1 heterocycles. The van der Waals surface area contributed by atoms with Crippen LogP contribution in [0.3, 0.4) is 0 Å². The number of aromatic amines is 1. The Kier molecular flexibility index (Phi) is 3.89. The van der Waals surface area contributed by atoms with E-state index in [1.807, 2.05) is 24.3 Å². The summed E-state index contributed by atoms with van der Waals surface area (Å²) in [7, 11) is 1.60. The Bertz CT molecular complexity index is 551. The number of halogens is 1. The lowest BCUT2D eigenvalue weighted by atomic mass is 10.2. The molecule has 0 spiro atoms. The Morgan fingerprint density at radius 3 is 2.89 bits per heavy atom. The van der Waals surface area contributed by atoms with Gasteiger partial charge in [-0.1, -0.05) is 29.8 Å². The predicted octanol–water partition coefficient (Wildman–Crippen LogP) is 2.61. The van der Waals surface area contributed by atoms with E-state index in [0.29, 0.717) is 17.3 Å². The molecule has 0 saturated heterocycles. The number of hydrogen-bond donors (Lipinski definition) is 2. The number of carbonyl (C=O) groups is 1. The molecule has 0 aliphatic rings. The standard InChI is InChI=1S/C13H13ClN2O2/c1-18-12-5-3-2-4-9(12)7-16-13(17)11-6-10(14)8-15-11/h2-6,8,15H,7H2,1H3,(H,16,17). The maximum Gasteiger partial charge on any atom is 0.268 e. The second-order valence-electron chi connectivity index (χ2n) is 3.73. The third-order valence-electron chi connectivity index (χ3n) is 2.52. The zero-order chi connectivity index (χ0) is 13.0. The molecule has 1 aromatic heterocycles. The second-order valence-corrected chi connectivity index (χ2v) is 4.16. The van der Waals surface area contributed by atoms with Crippen molar-refractivity contribution in [3.8, 4) is 5.75 Å². The van der Waals surface area contributed by atoms with Crippen molar-refractivity contribution in [1.29, 1.82) is 0 Å². The molecule has 0 unspecified atom stereocenters. The number of H-pyrrole nitrogens is 1. The fourth-order valence-corrected chi connectivity index (χ4v) is 1.78. The molecule has 18 heavy (non-hydrogen) atoms. The zero-order valence-corrected chi connectivity index (χ0v) is 10.6. The number of carbonyl (C=O) groups excluding carboxylic acids is 1. The van der Waals surface area contributed by atoms with Crippen molar-refractivity contribution in [3.63, 3.8) is 0 Å². The monoisotopic (exact) mass is 264 g/mol. The van der Waals surface area contributed by atoms with Crippen LogP contribution in [-0.2, 0) is 6.54 Å². The van der Waals surface area contributed by atoms with Crippen molar-refractivity contribution in [2.24, 2.45) is 0 Å². The van der Waals surface area contributed by atoms with E-state index in [0.717, 1.165) is 11.3 Å². The summed E-state index contributed by atoms with van der Waals surface area (Å²) in [6, 6.07) is 9.12. The lowest BCUT2D eigenvalue weighted by molar-refractivity contribution is 0.0946. The van der Waals surface area contributed by atoms with Crippen LogP contribution in [0.4, 0.5) is 0 Å². The van der Waals surface area contributed by atoms with Gasteiger partial charge in [-0.25, -0.2) is 0 Å². The van der Waals surface area contributed by atoms with E-state index in [9.17, 15) is 4.79 Å². The van der Waals surface area contributed by atoms with Crippen molar-refractivity contribution < 1.29 is 9.53 Å². The Hall–Kier alpha value is -1.94. The number of nitrogens with one attached hydrogen (secondary N) is 2. The highest BCUT2D eigenvalue weighted by Crippen LogP contribution is 2.17. The number of benzene rings is 1. The SMILES string of the molecule is COc1ccccc1CNC(=O)c1cc(Cl)c[nH]1. The number of rotatable bonds is 4. The Labute approximate surface area is 110 Å². The van der Waals surface area contributed by atoms with Gasteiger partial charge in [0, 0.05) is 18.3 Å². The van der Waals surface area contributed by atoms with Crippen molar-refractivity contribution in [2.45, 2.75) is 6.54 Å². The molecule has 0 aliphatic heterocycles. The van der Waals surface area contributed by atoms with Crippen molar-refractivity contribution in [2.75, 3.05) is 7.11 Å². The van der Waals surface area contributed by atoms with Crippen LogP contribution in [0.15, 0.2) is 36.5 Å². The van der Waals surface area contributed by atoms with Gasteiger partial charge in [-0.05, 0) is 12.1 Å². The number of ether oxygens (including phenoxy) is 1. The quantitative estimate of drug-likeness (QED) is 0.892. The summed E-state index contributed by atoms with van der Waals surface area (Å²) in [5, 5.41) is 3.31. The first-order valence-corrected chi connectivity index (χ1v) is 5.82. The largest absolute Gasteiger partial charge is 0.496 e. The molecule has 0 aliphatic carbocycles. The van der Waals surface area contributed by atoms with Gasteiger partial charge in [0.15, 0.2) is 0 Å². The third kappa shape index (κ3) is 2.84. The number of aromatic nitrogens is 1. The van der Waals surface area contributed by atoms with Gasteiger partial charge < -0.3 is 15.0 Å². The molecule has 0 radical (unpaired) electrons. The van der Waals surface area contributed by atoms with Crippen molar-refractivity contribution in [3.05, 3.63) is 52.8 Å². The summed E-state index contributed by atoms with van der Waals surface area (Å²) < 4.78 is 5.21. The van der Waals surface area contributed by atoms with Crippen LogP contribution >= 0.6 is 11.6 Å². The van der Waals surface area contributed by atoms with Crippen LogP contribution in [0.25, 0.3) is 0 Å². The summed E-state index contributed by atoms with van der Waals surface area (Å²) in [4.78, 5) is 14.6. The first-order chi connectivity index (χ1) is 8.70. The molecule has 0 atom stereocenters. The lowest BCUT2D eigenvalue weighted by Crippen LogP contribution is -2.23. The molecule has 4 nitrogen and oxygen atoms in total. The topological polar surface area (TPSA) is 54.1 Å². The molecule has 2 N–H and O–H groups in total. The Morgan fingerprint density at radius 1 is 1.44 bits per heavy atom. The zero-order valence-electron chi connectivity index (χ0n) is 9.87. The molecule has 2 aromatic rings. The smallest absolute Gasteiger partial charge is 0.268 e. The van der Waals surface area contributed by atoms with E-state index in [-0.39, 0.29) is 5.91 Å². The molecular weight excluding hydrogens is 252 g/mol. The predicted molar refractivity (Wildman–Crippen MR) is 70.0 cm³/mol. The van der Waals surface area contributed by atoms with Gasteiger partial charge in [-0.15, -0.1) is 0 Å². The van der Waals surface area contributed by atoms with E-state index < -0.39 is 0 Å². The molecule has 94 valence electrons. The highest BCUT2D eigenvalue weighted by molar-refractivity contribution is 6.30. The van der Waals surface area contributed by atoms with Crippen LogP contribution < -0.4 is 10.1 Å². The molecule has 0 fully saturated rings. The third-order valence-corrected chi connectivity index (χ3v) is 2.74. The summed E-state index contributed by atoms with van der Waals surface area (Å²) in [5.41, 5.74) is 1.36. The molecular formula is C13H13ClN2O2. The van der Waals surface area contributed by atoms with Crippen molar-refractivity contribution in [1.82, 2.24) is 10.3 Å². The normalized spacial score (nSPS) is 10.1. The van der Waals surface area contributed by atoms with E-state index >= 15 is 0 Å². The number of methoxy groups -OCH3 is 1. The molecule has 2 rings (SSSR count). The van der Waals surface area contributed by atoms with Gasteiger partial charge in [-0.3, -0.25) is 4.79 Å². The lowest BCUT2D eigenvalue weighted by Gasteiger charge is -2.08. The summed E-state index contributed by atoms with van der Waals surface area (Å²) in [5.74, 6) is 0.551. The Balaban J connectivity index is 2.01. The number of amides is 1. The minimum Gasteiger partial charge on any atom is -0.496 e. The first-order valence-electron chi connectivity index (χ1n) is 5.44. The highest BCUT2D eigenvalue weighted by Gasteiger charge is 2.08. The number of para-hydroxylation sites is 1. The van der Waals surface area contributed by atoms with Gasteiger partial charge in [0.25, 0.3) is 5.91 Å². The summed E-state index contributed by atoms with van der Waals surface area (Å²) in [6.07, 6.45) is 1.57. The van der Waals surface area contributed by atoms with E-state index in [2.05, 4.69) is 10.3 Å². The van der Waals surface area contributed by atoms with Crippen LogP contribution in [0.2, 0.25) is 5.02 Å². The van der Waals surface area contributed by atoms with E-state index in [1.54, 1.807) is 19.4 Å². The average Bonchev–Trinajstić information content (AvgIpc) is 2.83. The molecule has 5 heteroatoms. The fraction of sp³-hybridized carbons (Fsp3) is 0.154. The minimum absolute atomic E-state index is 0.201. The summed E-state index contributed by atoms with van der Waals surface area (Å²) in [6.45, 7) is 0.402. The highest BCUT2D eigenvalue weighted by atomic mass is 35.5. The number of hydrogen-bond acceptors (Lipinski definition) is 2. The van der Waals surface area contributed by atoms with Crippen LogP contribution in [0, 0.1) is 0 Å².